The van der Waals surface area contributed by atoms with Gasteiger partial charge in [0.2, 0.25) is 0 Å². The van der Waals surface area contributed by atoms with E-state index >= 15 is 0 Å². The van der Waals surface area contributed by atoms with E-state index in [1.54, 1.807) is 19.9 Å². The molecule has 1 heterocycles. The highest BCUT2D eigenvalue weighted by atomic mass is 16.5. The Labute approximate surface area is 212 Å². The number of cyclic esters (lactones) is 1. The van der Waals surface area contributed by atoms with Crippen LogP contribution in [0.4, 0.5) is 0 Å². The van der Waals surface area contributed by atoms with E-state index in [2.05, 4.69) is 0 Å². The molecule has 0 aromatic rings. The molecule has 3 saturated carbocycles. The molecule has 202 valence electrons. The Balaban J connectivity index is 1.44. The number of aliphatic hydroxyl groups excluding tert-OH is 3. The third-order valence-electron chi connectivity index (χ3n) is 11.5. The molecule has 0 aromatic heterocycles. The molecule has 4 aliphatic carbocycles. The van der Waals surface area contributed by atoms with Crippen molar-refractivity contribution < 1.29 is 39.9 Å². The van der Waals surface area contributed by atoms with Crippen molar-refractivity contribution in [2.45, 2.75) is 102 Å². The lowest BCUT2D eigenvalue weighted by Crippen LogP contribution is -2.63. The van der Waals surface area contributed by atoms with Gasteiger partial charge in [0.15, 0.2) is 5.78 Å². The van der Waals surface area contributed by atoms with Crippen molar-refractivity contribution in [2.75, 3.05) is 6.61 Å². The van der Waals surface area contributed by atoms with Crippen molar-refractivity contribution in [1.29, 1.82) is 0 Å². The largest absolute Gasteiger partial charge is 0.465 e. The minimum absolute atomic E-state index is 0.100. The number of hydrogen-bond acceptors (Lipinski definition) is 8. The summed E-state index contributed by atoms with van der Waals surface area (Å²) >= 11 is 0. The number of ketones is 1. The molecule has 4 fully saturated rings. The Kier molecular flexibility index (Phi) is 6.09. The van der Waals surface area contributed by atoms with Crippen LogP contribution in [0.15, 0.2) is 11.6 Å². The SMILES string of the molecule is C[C@@H]1C(=O)OC[C@H]1C[C@@H](O)[C@](C)(O)[C@H]1CC[C@@]2(O)C3=CC(=O)[C@@H]4C[C@@H](O)[C@@H](O)C[C@]4(C)[C@H]3CC[C@]12C. The maximum Gasteiger partial charge on any atom is 0.309 e. The van der Waals surface area contributed by atoms with E-state index in [0.29, 0.717) is 37.7 Å². The number of carbonyl (C=O) groups is 2. The van der Waals surface area contributed by atoms with Gasteiger partial charge in [0.1, 0.15) is 0 Å². The first-order valence-corrected chi connectivity index (χ1v) is 13.6. The molecule has 5 aliphatic rings. The molecule has 12 atom stereocenters. The fraction of sp³-hybridized carbons (Fsp3) is 0.857. The van der Waals surface area contributed by atoms with Crippen LogP contribution < -0.4 is 0 Å². The zero-order valence-corrected chi connectivity index (χ0v) is 21.8. The Morgan fingerprint density at radius 1 is 1.14 bits per heavy atom. The van der Waals surface area contributed by atoms with Crippen LogP contribution in [0.25, 0.3) is 0 Å². The van der Waals surface area contributed by atoms with E-state index in [-0.39, 0.29) is 49.0 Å². The lowest BCUT2D eigenvalue weighted by Gasteiger charge is -2.60. The highest BCUT2D eigenvalue weighted by Crippen LogP contribution is 2.68. The molecular weight excluding hydrogens is 464 g/mol. The summed E-state index contributed by atoms with van der Waals surface area (Å²) in [6, 6.07) is 0. The molecule has 0 spiro atoms. The molecule has 8 heteroatoms. The van der Waals surface area contributed by atoms with Gasteiger partial charge in [-0.1, -0.05) is 20.8 Å². The number of allylic oxidation sites excluding steroid dienone is 1. The van der Waals surface area contributed by atoms with Crippen molar-refractivity contribution in [3.63, 3.8) is 0 Å². The smallest absolute Gasteiger partial charge is 0.309 e. The molecule has 1 saturated heterocycles. The van der Waals surface area contributed by atoms with Crippen LogP contribution in [0.2, 0.25) is 0 Å². The van der Waals surface area contributed by atoms with Crippen LogP contribution in [-0.4, -0.2) is 73.4 Å². The molecule has 0 unspecified atom stereocenters. The van der Waals surface area contributed by atoms with Gasteiger partial charge in [0.25, 0.3) is 0 Å². The predicted octanol–water partition coefficient (Wildman–Crippen LogP) is 1.50. The molecule has 1 aliphatic heterocycles. The van der Waals surface area contributed by atoms with E-state index < -0.39 is 52.2 Å². The summed E-state index contributed by atoms with van der Waals surface area (Å²) in [6.45, 7) is 7.61. The summed E-state index contributed by atoms with van der Waals surface area (Å²) in [6.07, 6.45) is 1.60. The van der Waals surface area contributed by atoms with Crippen LogP contribution in [0, 0.1) is 40.4 Å². The zero-order chi connectivity index (χ0) is 26.4. The molecule has 0 aromatic carbocycles. The van der Waals surface area contributed by atoms with Crippen LogP contribution in [0.5, 0.6) is 0 Å². The number of ether oxygens (including phenoxy) is 1. The minimum atomic E-state index is -1.51. The van der Waals surface area contributed by atoms with Gasteiger partial charge >= 0.3 is 5.97 Å². The molecule has 8 nitrogen and oxygen atoms in total. The third-order valence-corrected chi connectivity index (χ3v) is 11.5. The van der Waals surface area contributed by atoms with Gasteiger partial charge in [-0.05, 0) is 80.8 Å². The lowest BCUT2D eigenvalue weighted by molar-refractivity contribution is -0.177. The first-order chi connectivity index (χ1) is 16.7. The first kappa shape index (κ1) is 26.3. The number of fused-ring (bicyclic) bond motifs is 5. The van der Waals surface area contributed by atoms with Gasteiger partial charge in [-0.15, -0.1) is 0 Å². The summed E-state index contributed by atoms with van der Waals surface area (Å²) in [5.41, 5.74) is -3.44. The average Bonchev–Trinajstić information content (AvgIpc) is 3.26. The van der Waals surface area contributed by atoms with Crippen molar-refractivity contribution in [3.8, 4) is 0 Å². The van der Waals surface area contributed by atoms with Crippen molar-refractivity contribution in [3.05, 3.63) is 11.6 Å². The number of aliphatic hydroxyl groups is 5. The topological polar surface area (TPSA) is 145 Å². The minimum Gasteiger partial charge on any atom is -0.465 e. The fourth-order valence-electron chi connectivity index (χ4n) is 8.99. The number of rotatable bonds is 4. The summed E-state index contributed by atoms with van der Waals surface area (Å²) in [4.78, 5) is 25.1. The van der Waals surface area contributed by atoms with Crippen molar-refractivity contribution >= 4 is 11.8 Å². The Morgan fingerprint density at radius 2 is 1.83 bits per heavy atom. The molecule has 5 rings (SSSR count). The first-order valence-electron chi connectivity index (χ1n) is 13.6. The Morgan fingerprint density at radius 3 is 2.47 bits per heavy atom. The standard InChI is InChI=1S/C28H42O8/c1-14-15(13-36-24(14)33)9-23(32)27(4,34)22-6-8-28(35)17-10-19(29)18-11-20(30)21(31)12-25(18,2)16(17)5-7-26(22,28)3/h10,14-16,18,20-23,30-32,34-35H,5-9,11-13H2,1-4H3/t14-,15+,16-,18-,20+,21-,22-,23+,25+,26+,27+,28+/m0/s1. The number of carbonyl (C=O) groups excluding carboxylic acids is 2. The van der Waals surface area contributed by atoms with E-state index in [4.69, 9.17) is 4.74 Å². The fourth-order valence-corrected chi connectivity index (χ4v) is 8.99. The second-order valence-corrected chi connectivity index (χ2v) is 13.3. The van der Waals surface area contributed by atoms with Crippen LogP contribution in [0.1, 0.15) is 72.6 Å². The van der Waals surface area contributed by atoms with E-state index in [0.717, 1.165) is 0 Å². The van der Waals surface area contributed by atoms with E-state index in [1.165, 1.54) is 0 Å². The number of esters is 1. The van der Waals surface area contributed by atoms with E-state index in [1.807, 2.05) is 13.8 Å². The highest BCUT2D eigenvalue weighted by Gasteiger charge is 2.69. The summed E-state index contributed by atoms with van der Waals surface area (Å²) in [7, 11) is 0. The van der Waals surface area contributed by atoms with Gasteiger partial charge in [0, 0.05) is 17.3 Å². The summed E-state index contributed by atoms with van der Waals surface area (Å²) in [5, 5.41) is 56.0. The molecule has 0 radical (unpaired) electrons. The average molecular weight is 507 g/mol. The molecule has 5 N–H and O–H groups in total. The van der Waals surface area contributed by atoms with E-state index in [9.17, 15) is 35.1 Å². The van der Waals surface area contributed by atoms with Gasteiger partial charge < -0.3 is 30.3 Å². The van der Waals surface area contributed by atoms with Crippen LogP contribution >= 0.6 is 0 Å². The Hall–Kier alpha value is -1.32. The van der Waals surface area contributed by atoms with Gasteiger partial charge in [-0.3, -0.25) is 9.59 Å². The van der Waals surface area contributed by atoms with Gasteiger partial charge in [-0.2, -0.15) is 0 Å². The normalized spacial score (nSPS) is 50.9. The predicted molar refractivity (Wildman–Crippen MR) is 129 cm³/mol. The monoisotopic (exact) mass is 506 g/mol. The van der Waals surface area contributed by atoms with Crippen molar-refractivity contribution in [2.24, 2.45) is 40.4 Å². The lowest BCUT2D eigenvalue weighted by atomic mass is 9.45. The van der Waals surface area contributed by atoms with Crippen molar-refractivity contribution in [1.82, 2.24) is 0 Å². The molecule has 36 heavy (non-hydrogen) atoms. The van der Waals surface area contributed by atoms with Gasteiger partial charge in [0.05, 0.1) is 42.0 Å². The maximum atomic E-state index is 13.3. The third kappa shape index (κ3) is 3.44. The number of hydrogen-bond donors (Lipinski definition) is 5. The van der Waals surface area contributed by atoms with Crippen LogP contribution in [0.3, 0.4) is 0 Å². The van der Waals surface area contributed by atoms with Gasteiger partial charge in [-0.25, -0.2) is 0 Å². The molecular formula is C28H42O8. The highest BCUT2D eigenvalue weighted by molar-refractivity contribution is 5.95. The Bertz CT molecular complexity index is 975. The van der Waals surface area contributed by atoms with Crippen LogP contribution in [-0.2, 0) is 14.3 Å². The second kappa shape index (κ2) is 8.34. The molecule has 0 bridgehead atoms. The summed E-state index contributed by atoms with van der Waals surface area (Å²) < 4.78 is 5.13. The maximum absolute atomic E-state index is 13.3. The summed E-state index contributed by atoms with van der Waals surface area (Å²) in [5.74, 6) is -1.81. The zero-order valence-electron chi connectivity index (χ0n) is 21.8. The second-order valence-electron chi connectivity index (χ2n) is 13.3. The quantitative estimate of drug-likeness (QED) is 0.361. The molecule has 0 amide bonds.